The van der Waals surface area contributed by atoms with Gasteiger partial charge < -0.3 is 10.2 Å². The quantitative estimate of drug-likeness (QED) is 0.754. The van der Waals surface area contributed by atoms with E-state index in [-0.39, 0.29) is 11.9 Å². The molecule has 5 nitrogen and oxygen atoms in total. The summed E-state index contributed by atoms with van der Waals surface area (Å²) in [4.78, 5) is 28.3. The van der Waals surface area contributed by atoms with Gasteiger partial charge in [-0.1, -0.05) is 57.5 Å². The van der Waals surface area contributed by atoms with E-state index in [1.165, 1.54) is 10.5 Å². The Morgan fingerprint density at radius 3 is 2.41 bits per heavy atom. The second-order valence-corrected chi connectivity index (χ2v) is 9.14. The maximum Gasteiger partial charge on any atom is 0.329 e. The Bertz CT molecular complexity index is 678. The van der Waals surface area contributed by atoms with Crippen LogP contribution >= 0.6 is 0 Å². The number of hydrogen-bond acceptors (Lipinski definition) is 2. The van der Waals surface area contributed by atoms with Crippen molar-refractivity contribution in [2.75, 3.05) is 13.7 Å². The van der Waals surface area contributed by atoms with Gasteiger partial charge in [-0.15, -0.1) is 0 Å². The summed E-state index contributed by atoms with van der Waals surface area (Å²) in [6.45, 7) is 8.07. The van der Waals surface area contributed by atoms with Crippen LogP contribution < -0.4 is 10.2 Å². The van der Waals surface area contributed by atoms with Crippen LogP contribution in [0.2, 0.25) is 0 Å². The second kappa shape index (κ2) is 7.63. The van der Waals surface area contributed by atoms with Gasteiger partial charge in [0.15, 0.2) is 6.67 Å². The molecule has 3 amide bonds. The van der Waals surface area contributed by atoms with E-state index in [2.05, 4.69) is 38.2 Å². The number of carbonyl (C=O) groups excluding carboxylic acids is 2. The summed E-state index contributed by atoms with van der Waals surface area (Å²) < 4.78 is 0. The first-order chi connectivity index (χ1) is 12.8. The smallest absolute Gasteiger partial charge is 0.323 e. The lowest BCUT2D eigenvalue weighted by molar-refractivity contribution is -0.901. The number of carbonyl (C=O) groups is 2. The molecule has 3 rings (SSSR count). The second-order valence-electron chi connectivity index (χ2n) is 9.14. The standard InChI is InChI=1S/C22H33N3O2/c1-5-21(2,3)18-11-13-22(14-12-18)19(26)25(20(27)23-22)16-24(4)15-17-9-7-6-8-10-17/h6-10,18H,5,11-16H2,1-4H3,(H,23,27)/p+1. The van der Waals surface area contributed by atoms with E-state index in [0.717, 1.165) is 43.5 Å². The van der Waals surface area contributed by atoms with Gasteiger partial charge in [0.25, 0.3) is 5.91 Å². The van der Waals surface area contributed by atoms with Crippen LogP contribution in [0.15, 0.2) is 30.3 Å². The van der Waals surface area contributed by atoms with Gasteiger partial charge in [-0.3, -0.25) is 4.79 Å². The predicted molar refractivity (Wildman–Crippen MR) is 106 cm³/mol. The molecule has 0 aromatic heterocycles. The zero-order valence-corrected chi connectivity index (χ0v) is 17.2. The van der Waals surface area contributed by atoms with E-state index in [4.69, 9.17) is 0 Å². The Morgan fingerprint density at radius 1 is 1.19 bits per heavy atom. The number of nitrogens with one attached hydrogen (secondary N) is 2. The molecule has 1 aliphatic carbocycles. The van der Waals surface area contributed by atoms with Gasteiger partial charge in [0.1, 0.15) is 12.1 Å². The summed E-state index contributed by atoms with van der Waals surface area (Å²) in [5, 5.41) is 3.05. The van der Waals surface area contributed by atoms with Crippen LogP contribution in [-0.4, -0.2) is 36.1 Å². The van der Waals surface area contributed by atoms with Gasteiger partial charge in [-0.2, -0.15) is 0 Å². The molecule has 1 spiro atoms. The van der Waals surface area contributed by atoms with Crippen LogP contribution in [0, 0.1) is 11.3 Å². The van der Waals surface area contributed by atoms with Gasteiger partial charge >= 0.3 is 6.03 Å². The van der Waals surface area contributed by atoms with Crippen molar-refractivity contribution in [3.05, 3.63) is 35.9 Å². The van der Waals surface area contributed by atoms with Crippen LogP contribution in [0.1, 0.15) is 58.4 Å². The highest BCUT2D eigenvalue weighted by Gasteiger charge is 2.54. The molecule has 1 saturated heterocycles. The summed E-state index contributed by atoms with van der Waals surface area (Å²) in [7, 11) is 2.03. The fourth-order valence-electron chi connectivity index (χ4n) is 4.61. The molecule has 27 heavy (non-hydrogen) atoms. The summed E-state index contributed by atoms with van der Waals surface area (Å²) in [6.07, 6.45) is 4.69. The van der Waals surface area contributed by atoms with Crippen molar-refractivity contribution in [1.82, 2.24) is 10.2 Å². The molecule has 5 heteroatoms. The van der Waals surface area contributed by atoms with E-state index in [9.17, 15) is 9.59 Å². The Labute approximate surface area is 163 Å². The molecule has 0 bridgehead atoms. The Morgan fingerprint density at radius 2 is 1.81 bits per heavy atom. The van der Waals surface area contributed by atoms with Crippen molar-refractivity contribution < 1.29 is 14.5 Å². The van der Waals surface area contributed by atoms with E-state index in [1.807, 2.05) is 25.2 Å². The maximum atomic E-state index is 13.1. The molecule has 1 heterocycles. The molecular formula is C22H34N3O2+. The highest BCUT2D eigenvalue weighted by Crippen LogP contribution is 2.44. The topological polar surface area (TPSA) is 53.9 Å². The minimum absolute atomic E-state index is 0.0207. The number of benzene rings is 1. The number of quaternary nitrogens is 1. The van der Waals surface area contributed by atoms with Gasteiger partial charge in [0.2, 0.25) is 0 Å². The summed E-state index contributed by atoms with van der Waals surface area (Å²) in [5.74, 6) is 0.603. The van der Waals surface area contributed by atoms with Crippen molar-refractivity contribution >= 4 is 11.9 Å². The number of imide groups is 1. The minimum atomic E-state index is -0.662. The van der Waals surface area contributed by atoms with Gasteiger partial charge in [-0.25, -0.2) is 9.69 Å². The monoisotopic (exact) mass is 372 g/mol. The molecule has 1 unspecified atom stereocenters. The maximum absolute atomic E-state index is 13.1. The van der Waals surface area contributed by atoms with Gasteiger partial charge in [0, 0.05) is 5.56 Å². The van der Waals surface area contributed by atoms with E-state index >= 15 is 0 Å². The Kier molecular flexibility index (Phi) is 5.61. The lowest BCUT2D eigenvalue weighted by Gasteiger charge is -2.42. The molecule has 1 saturated carbocycles. The molecule has 2 aliphatic rings. The fourth-order valence-corrected chi connectivity index (χ4v) is 4.61. The summed E-state index contributed by atoms with van der Waals surface area (Å²) in [6, 6.07) is 9.96. The van der Waals surface area contributed by atoms with Crippen molar-refractivity contribution in [3.63, 3.8) is 0 Å². The largest absolute Gasteiger partial charge is 0.329 e. The summed E-state index contributed by atoms with van der Waals surface area (Å²) in [5.41, 5.74) is 0.844. The van der Waals surface area contributed by atoms with Crippen LogP contribution in [-0.2, 0) is 11.3 Å². The number of amides is 3. The minimum Gasteiger partial charge on any atom is -0.323 e. The van der Waals surface area contributed by atoms with Crippen LogP contribution in [0.25, 0.3) is 0 Å². The highest BCUT2D eigenvalue weighted by atomic mass is 16.2. The lowest BCUT2D eigenvalue weighted by Crippen LogP contribution is -3.09. The number of hydrogen-bond donors (Lipinski definition) is 2. The third kappa shape index (κ3) is 4.03. The molecule has 1 atom stereocenters. The fraction of sp³-hybridized carbons (Fsp3) is 0.636. The zero-order valence-electron chi connectivity index (χ0n) is 17.2. The molecule has 2 N–H and O–H groups in total. The van der Waals surface area contributed by atoms with Crippen LogP contribution in [0.4, 0.5) is 4.79 Å². The molecule has 148 valence electrons. The first-order valence-corrected chi connectivity index (χ1v) is 10.3. The van der Waals surface area contributed by atoms with Crippen molar-refractivity contribution in [2.45, 2.75) is 65.0 Å². The van der Waals surface area contributed by atoms with Crippen molar-refractivity contribution in [1.29, 1.82) is 0 Å². The van der Waals surface area contributed by atoms with Crippen LogP contribution in [0.5, 0.6) is 0 Å². The van der Waals surface area contributed by atoms with Gasteiger partial charge in [-0.05, 0) is 37.0 Å². The lowest BCUT2D eigenvalue weighted by atomic mass is 9.65. The molecule has 1 aliphatic heterocycles. The number of nitrogens with zero attached hydrogens (tertiary/aromatic N) is 1. The van der Waals surface area contributed by atoms with E-state index < -0.39 is 5.54 Å². The average Bonchev–Trinajstić information content (AvgIpc) is 2.87. The SMILES string of the molecule is CCC(C)(C)C1CCC2(CC1)NC(=O)N(C[NH+](C)Cc1ccccc1)C2=O. The Hall–Kier alpha value is -1.88. The highest BCUT2D eigenvalue weighted by molar-refractivity contribution is 6.06. The molecule has 2 fully saturated rings. The molecule has 0 radical (unpaired) electrons. The van der Waals surface area contributed by atoms with E-state index in [0.29, 0.717) is 18.0 Å². The summed E-state index contributed by atoms with van der Waals surface area (Å²) >= 11 is 0. The molecular weight excluding hydrogens is 338 g/mol. The molecule has 1 aromatic rings. The van der Waals surface area contributed by atoms with Gasteiger partial charge in [0.05, 0.1) is 7.05 Å². The van der Waals surface area contributed by atoms with E-state index in [1.54, 1.807) is 0 Å². The normalized spacial score (nSPS) is 27.1. The van der Waals surface area contributed by atoms with Crippen molar-refractivity contribution in [3.8, 4) is 0 Å². The number of urea groups is 1. The number of rotatable bonds is 6. The third-order valence-corrected chi connectivity index (χ3v) is 6.88. The molecule has 1 aromatic carbocycles. The average molecular weight is 373 g/mol. The first-order valence-electron chi connectivity index (χ1n) is 10.3. The third-order valence-electron chi connectivity index (χ3n) is 6.88. The zero-order chi connectivity index (χ0) is 19.7. The van der Waals surface area contributed by atoms with Crippen LogP contribution in [0.3, 0.4) is 0 Å². The van der Waals surface area contributed by atoms with Crippen molar-refractivity contribution in [2.24, 2.45) is 11.3 Å². The first kappa shape index (κ1) is 19.9. The Balaban J connectivity index is 1.62. The predicted octanol–water partition coefficient (Wildman–Crippen LogP) is 2.58.